The zero-order valence-corrected chi connectivity index (χ0v) is 15.2. The highest BCUT2D eigenvalue weighted by Crippen LogP contribution is 2.18. The van der Waals surface area contributed by atoms with Crippen LogP contribution < -0.4 is 0 Å². The van der Waals surface area contributed by atoms with Crippen molar-refractivity contribution >= 4 is 10.2 Å². The van der Waals surface area contributed by atoms with Crippen LogP contribution in [0.4, 0.5) is 0 Å². The van der Waals surface area contributed by atoms with Gasteiger partial charge < -0.3 is 4.90 Å². The van der Waals surface area contributed by atoms with Crippen molar-refractivity contribution in [3.8, 4) is 0 Å². The molecule has 0 aromatic rings. The van der Waals surface area contributed by atoms with Crippen molar-refractivity contribution in [1.82, 2.24) is 18.4 Å². The molecule has 0 aromatic carbocycles. The Labute approximate surface area is 136 Å². The molecule has 0 saturated carbocycles. The van der Waals surface area contributed by atoms with Crippen molar-refractivity contribution in [2.24, 2.45) is 0 Å². The van der Waals surface area contributed by atoms with E-state index >= 15 is 0 Å². The van der Waals surface area contributed by atoms with Gasteiger partial charge in [0, 0.05) is 51.9 Å². The smallest absolute Gasteiger partial charge is 0.282 e. The fourth-order valence-electron chi connectivity index (χ4n) is 3.53. The van der Waals surface area contributed by atoms with Gasteiger partial charge in [-0.2, -0.15) is 17.0 Å². The van der Waals surface area contributed by atoms with E-state index in [1.165, 1.54) is 25.8 Å². The normalized spacial score (nSPS) is 26.6. The van der Waals surface area contributed by atoms with Crippen LogP contribution in [0.25, 0.3) is 0 Å². The number of piperidine rings is 1. The second-order valence-electron chi connectivity index (χ2n) is 6.42. The quantitative estimate of drug-likeness (QED) is 0.717. The molecule has 2 aliphatic heterocycles. The predicted molar refractivity (Wildman–Crippen MR) is 90.1 cm³/mol. The molecular weight excluding hydrogens is 300 g/mol. The number of likely N-dealkylation sites (tertiary alicyclic amines) is 1. The summed E-state index contributed by atoms with van der Waals surface area (Å²) in [6.45, 7) is 10.1. The third-order valence-electron chi connectivity index (χ3n) is 5.08. The lowest BCUT2D eigenvalue weighted by atomic mass is 10.0. The highest BCUT2D eigenvalue weighted by Gasteiger charge is 2.31. The number of hydrogen-bond donors (Lipinski definition) is 0. The minimum absolute atomic E-state index is 0.548. The summed E-state index contributed by atoms with van der Waals surface area (Å²) in [6.07, 6.45) is 3.91. The highest BCUT2D eigenvalue weighted by atomic mass is 32.2. The van der Waals surface area contributed by atoms with Crippen molar-refractivity contribution in [2.75, 3.05) is 59.4 Å². The summed E-state index contributed by atoms with van der Waals surface area (Å²) in [5.41, 5.74) is 0. The molecule has 7 heteroatoms. The van der Waals surface area contributed by atoms with Crippen LogP contribution in [0.5, 0.6) is 0 Å². The van der Waals surface area contributed by atoms with Crippen LogP contribution in [0.3, 0.4) is 0 Å². The van der Waals surface area contributed by atoms with Crippen LogP contribution in [0.1, 0.15) is 33.1 Å². The third kappa shape index (κ3) is 4.20. The molecule has 0 radical (unpaired) electrons. The molecule has 130 valence electrons. The Balaban J connectivity index is 1.85. The predicted octanol–water partition coefficient (Wildman–Crippen LogP) is 0.675. The van der Waals surface area contributed by atoms with E-state index in [1.807, 2.05) is 13.8 Å². The first-order chi connectivity index (χ1) is 10.5. The molecule has 2 rings (SSSR count). The van der Waals surface area contributed by atoms with Gasteiger partial charge in [-0.1, -0.05) is 20.3 Å². The van der Waals surface area contributed by atoms with E-state index < -0.39 is 10.2 Å². The molecule has 1 atom stereocenters. The molecule has 22 heavy (non-hydrogen) atoms. The Morgan fingerprint density at radius 1 is 1.00 bits per heavy atom. The highest BCUT2D eigenvalue weighted by molar-refractivity contribution is 7.86. The lowest BCUT2D eigenvalue weighted by molar-refractivity contribution is 0.105. The summed E-state index contributed by atoms with van der Waals surface area (Å²) in [4.78, 5) is 4.89. The first-order valence-electron chi connectivity index (χ1n) is 8.66. The van der Waals surface area contributed by atoms with Gasteiger partial charge >= 0.3 is 0 Å². The molecule has 0 unspecified atom stereocenters. The zero-order chi connectivity index (χ0) is 16.2. The van der Waals surface area contributed by atoms with E-state index in [4.69, 9.17) is 0 Å². The van der Waals surface area contributed by atoms with Gasteiger partial charge in [-0.15, -0.1) is 0 Å². The molecule has 0 spiro atoms. The van der Waals surface area contributed by atoms with Crippen molar-refractivity contribution in [2.45, 2.75) is 39.2 Å². The average molecular weight is 333 g/mol. The van der Waals surface area contributed by atoms with Crippen LogP contribution >= 0.6 is 0 Å². The summed E-state index contributed by atoms with van der Waals surface area (Å²) < 4.78 is 28.3. The SMILES string of the molecule is CCN(CC)S(=O)(=O)N1CCN(C[C@H]2CCCCN2C)CC1. The maximum Gasteiger partial charge on any atom is 0.282 e. The van der Waals surface area contributed by atoms with Gasteiger partial charge in [0.25, 0.3) is 10.2 Å². The number of rotatable bonds is 6. The first kappa shape index (κ1) is 18.1. The summed E-state index contributed by atoms with van der Waals surface area (Å²) in [7, 11) is -1.05. The minimum Gasteiger partial charge on any atom is -0.302 e. The molecule has 2 heterocycles. The largest absolute Gasteiger partial charge is 0.302 e. The van der Waals surface area contributed by atoms with Gasteiger partial charge in [-0.25, -0.2) is 0 Å². The van der Waals surface area contributed by atoms with Gasteiger partial charge in [0.05, 0.1) is 0 Å². The summed E-state index contributed by atoms with van der Waals surface area (Å²) in [5.74, 6) is 0. The van der Waals surface area contributed by atoms with E-state index in [2.05, 4.69) is 16.8 Å². The van der Waals surface area contributed by atoms with Crippen LogP contribution in [-0.2, 0) is 10.2 Å². The van der Waals surface area contributed by atoms with Crippen molar-refractivity contribution in [1.29, 1.82) is 0 Å². The molecule has 2 fully saturated rings. The van der Waals surface area contributed by atoms with E-state index in [-0.39, 0.29) is 0 Å². The summed E-state index contributed by atoms with van der Waals surface area (Å²) in [6, 6.07) is 0.639. The van der Waals surface area contributed by atoms with Crippen LogP contribution in [0.2, 0.25) is 0 Å². The van der Waals surface area contributed by atoms with Gasteiger partial charge in [-0.3, -0.25) is 4.90 Å². The number of hydrogen-bond acceptors (Lipinski definition) is 4. The molecule has 0 amide bonds. The van der Waals surface area contributed by atoms with Crippen LogP contribution in [0.15, 0.2) is 0 Å². The minimum atomic E-state index is -3.26. The molecule has 0 N–H and O–H groups in total. The lowest BCUT2D eigenvalue weighted by Gasteiger charge is -2.40. The monoisotopic (exact) mass is 332 g/mol. The van der Waals surface area contributed by atoms with Crippen LogP contribution in [-0.4, -0.2) is 92.3 Å². The second kappa shape index (κ2) is 8.06. The van der Waals surface area contributed by atoms with Gasteiger partial charge in [0.1, 0.15) is 0 Å². The van der Waals surface area contributed by atoms with Crippen LogP contribution in [0, 0.1) is 0 Å². The average Bonchev–Trinajstić information content (AvgIpc) is 2.51. The van der Waals surface area contributed by atoms with Gasteiger partial charge in [0.15, 0.2) is 0 Å². The van der Waals surface area contributed by atoms with Gasteiger partial charge in [-0.05, 0) is 26.4 Å². The van der Waals surface area contributed by atoms with Gasteiger partial charge in [0.2, 0.25) is 0 Å². The Morgan fingerprint density at radius 3 is 2.18 bits per heavy atom. The Morgan fingerprint density at radius 2 is 1.64 bits per heavy atom. The zero-order valence-electron chi connectivity index (χ0n) is 14.4. The number of piperazine rings is 1. The molecular formula is C15H32N4O2S. The standard InChI is InChI=1S/C15H32N4O2S/c1-4-18(5-2)22(20,21)19-12-10-17(11-13-19)14-15-8-6-7-9-16(15)3/h15H,4-14H2,1-3H3/t15-/m1/s1. The molecule has 0 aromatic heterocycles. The van der Waals surface area contributed by atoms with E-state index in [9.17, 15) is 8.42 Å². The van der Waals surface area contributed by atoms with Crippen molar-refractivity contribution in [3.05, 3.63) is 0 Å². The number of nitrogens with zero attached hydrogens (tertiary/aromatic N) is 4. The maximum atomic E-state index is 12.5. The van der Waals surface area contributed by atoms with Crippen molar-refractivity contribution in [3.63, 3.8) is 0 Å². The van der Waals surface area contributed by atoms with E-state index in [1.54, 1.807) is 8.61 Å². The Hall–Kier alpha value is -0.210. The maximum absolute atomic E-state index is 12.5. The molecule has 6 nitrogen and oxygen atoms in total. The first-order valence-corrected chi connectivity index (χ1v) is 10.1. The second-order valence-corrected chi connectivity index (χ2v) is 8.35. The van der Waals surface area contributed by atoms with E-state index in [0.717, 1.165) is 19.6 Å². The number of likely N-dealkylation sites (N-methyl/N-ethyl adjacent to an activating group) is 1. The van der Waals surface area contributed by atoms with E-state index in [0.29, 0.717) is 32.2 Å². The molecule has 2 saturated heterocycles. The summed E-state index contributed by atoms with van der Waals surface area (Å²) in [5, 5.41) is 0. The Bertz CT molecular complexity index is 431. The third-order valence-corrected chi connectivity index (χ3v) is 7.27. The fourth-order valence-corrected chi connectivity index (χ4v) is 5.13. The summed E-state index contributed by atoms with van der Waals surface area (Å²) >= 11 is 0. The van der Waals surface area contributed by atoms with Crippen molar-refractivity contribution < 1.29 is 8.42 Å². The molecule has 2 aliphatic rings. The Kier molecular flexibility index (Phi) is 6.64. The fraction of sp³-hybridized carbons (Fsp3) is 1.00. The topological polar surface area (TPSA) is 47.1 Å². The lowest BCUT2D eigenvalue weighted by Crippen LogP contribution is -2.55. The molecule has 0 aliphatic carbocycles. The molecule has 0 bridgehead atoms.